The quantitative estimate of drug-likeness (QED) is 0.641. The van der Waals surface area contributed by atoms with Crippen molar-refractivity contribution in [3.63, 3.8) is 0 Å². The molecule has 1 amide bonds. The number of hydrogen-bond acceptors (Lipinski definition) is 5. The summed E-state index contributed by atoms with van der Waals surface area (Å²) in [5.74, 6) is -0.938. The molecule has 1 fully saturated rings. The van der Waals surface area contributed by atoms with Crippen molar-refractivity contribution in [2.75, 3.05) is 6.61 Å². The van der Waals surface area contributed by atoms with E-state index in [1.165, 1.54) is 17.0 Å². The van der Waals surface area contributed by atoms with Crippen LogP contribution in [0.15, 0.2) is 42.7 Å². The molecule has 0 saturated carbocycles. The molecule has 0 N–H and O–H groups in total. The highest BCUT2D eigenvalue weighted by Crippen LogP contribution is 2.37. The molecule has 7 nitrogen and oxygen atoms in total. The first kappa shape index (κ1) is 17.5. The van der Waals surface area contributed by atoms with E-state index in [2.05, 4.69) is 10.1 Å². The third kappa shape index (κ3) is 2.79. The summed E-state index contributed by atoms with van der Waals surface area (Å²) >= 11 is 0. The van der Waals surface area contributed by atoms with Crippen LogP contribution in [0.1, 0.15) is 22.5 Å². The lowest BCUT2D eigenvalue weighted by Gasteiger charge is -2.19. The van der Waals surface area contributed by atoms with Gasteiger partial charge in [-0.25, -0.2) is 9.18 Å². The highest BCUT2D eigenvalue weighted by Gasteiger charge is 2.42. The molecule has 0 aliphatic carbocycles. The van der Waals surface area contributed by atoms with Gasteiger partial charge in [-0.05, 0) is 30.3 Å². The molecule has 146 valence electrons. The topological polar surface area (TPSA) is 77.3 Å². The van der Waals surface area contributed by atoms with Crippen LogP contribution in [0.4, 0.5) is 4.39 Å². The van der Waals surface area contributed by atoms with Gasteiger partial charge in [-0.3, -0.25) is 14.5 Å². The van der Waals surface area contributed by atoms with Crippen molar-refractivity contribution in [3.05, 3.63) is 59.8 Å². The largest absolute Gasteiger partial charge is 0.464 e. The Kier molecular flexibility index (Phi) is 3.94. The zero-order valence-corrected chi connectivity index (χ0v) is 15.6. The lowest BCUT2D eigenvalue weighted by Crippen LogP contribution is -2.38. The Balaban J connectivity index is 1.61. The predicted molar refractivity (Wildman–Crippen MR) is 101 cm³/mol. The number of aromatic nitrogens is 3. The standard InChI is InChI=1S/C21H17FN4O3/c1-25-10-15(19(24-25)12-2-4-13(22)5-3-12)14-6-8-23-16-11-26(20(27)18(14)16)17-7-9-29-21(17)28/h2-6,8,10,17H,7,9,11H2,1H3/t17-/m0/s1. The molecule has 8 heteroatoms. The number of ether oxygens (including phenoxy) is 1. The molecule has 5 rings (SSSR count). The number of hydrogen-bond donors (Lipinski definition) is 0. The molecule has 2 aromatic heterocycles. The number of pyridine rings is 1. The lowest BCUT2D eigenvalue weighted by atomic mass is 9.97. The number of rotatable bonds is 3. The molecule has 3 aromatic rings. The first-order valence-corrected chi connectivity index (χ1v) is 9.28. The second kappa shape index (κ2) is 6.51. The van der Waals surface area contributed by atoms with E-state index in [0.29, 0.717) is 35.5 Å². The molecule has 29 heavy (non-hydrogen) atoms. The second-order valence-electron chi connectivity index (χ2n) is 7.16. The highest BCUT2D eigenvalue weighted by atomic mass is 19.1. The average molecular weight is 392 g/mol. The summed E-state index contributed by atoms with van der Waals surface area (Å²) < 4.78 is 20.1. The molecule has 0 bridgehead atoms. The van der Waals surface area contributed by atoms with Crippen molar-refractivity contribution in [3.8, 4) is 22.4 Å². The number of amides is 1. The highest BCUT2D eigenvalue weighted by molar-refractivity contribution is 6.06. The Hall–Kier alpha value is -3.55. The van der Waals surface area contributed by atoms with Crippen molar-refractivity contribution in [1.29, 1.82) is 0 Å². The van der Waals surface area contributed by atoms with Gasteiger partial charge in [-0.2, -0.15) is 5.10 Å². The number of aryl methyl sites for hydroxylation is 1. The monoisotopic (exact) mass is 392 g/mol. The van der Waals surface area contributed by atoms with Crippen LogP contribution in [0.3, 0.4) is 0 Å². The molecule has 1 aromatic carbocycles. The van der Waals surface area contributed by atoms with Crippen LogP contribution >= 0.6 is 0 Å². The molecule has 0 radical (unpaired) electrons. The van der Waals surface area contributed by atoms with E-state index >= 15 is 0 Å². The number of halogens is 1. The van der Waals surface area contributed by atoms with E-state index < -0.39 is 6.04 Å². The first-order valence-electron chi connectivity index (χ1n) is 9.28. The Bertz CT molecular complexity index is 1140. The van der Waals surface area contributed by atoms with Gasteiger partial charge in [0.05, 0.1) is 24.4 Å². The molecular formula is C21H17FN4O3. The number of cyclic esters (lactones) is 1. The maximum absolute atomic E-state index is 13.4. The smallest absolute Gasteiger partial charge is 0.329 e. The van der Waals surface area contributed by atoms with Gasteiger partial charge in [-0.15, -0.1) is 0 Å². The normalized spacial score (nSPS) is 18.3. The van der Waals surface area contributed by atoms with Crippen molar-refractivity contribution in [2.45, 2.75) is 19.0 Å². The number of fused-ring (bicyclic) bond motifs is 1. The van der Waals surface area contributed by atoms with Gasteiger partial charge in [0.25, 0.3) is 5.91 Å². The Morgan fingerprint density at radius 2 is 1.93 bits per heavy atom. The van der Waals surface area contributed by atoms with Crippen LogP contribution < -0.4 is 0 Å². The Morgan fingerprint density at radius 3 is 2.66 bits per heavy atom. The lowest BCUT2D eigenvalue weighted by molar-refractivity contribution is -0.141. The van der Waals surface area contributed by atoms with E-state index in [1.807, 2.05) is 6.20 Å². The summed E-state index contributed by atoms with van der Waals surface area (Å²) in [5, 5.41) is 4.52. The van der Waals surface area contributed by atoms with Gasteiger partial charge in [0.15, 0.2) is 0 Å². The molecular weight excluding hydrogens is 375 g/mol. The Morgan fingerprint density at radius 1 is 1.14 bits per heavy atom. The summed E-state index contributed by atoms with van der Waals surface area (Å²) in [4.78, 5) is 31.1. The summed E-state index contributed by atoms with van der Waals surface area (Å²) in [6.07, 6.45) is 3.97. The van der Waals surface area contributed by atoms with Gasteiger partial charge < -0.3 is 9.64 Å². The van der Waals surface area contributed by atoms with Crippen LogP contribution in [0.25, 0.3) is 22.4 Å². The molecule has 4 heterocycles. The fraction of sp³-hybridized carbons (Fsp3) is 0.238. The zero-order chi connectivity index (χ0) is 20.1. The number of carbonyl (C=O) groups excluding carboxylic acids is 2. The summed E-state index contributed by atoms with van der Waals surface area (Å²) in [6, 6.07) is 7.27. The van der Waals surface area contributed by atoms with Crippen molar-refractivity contribution < 1.29 is 18.7 Å². The van der Waals surface area contributed by atoms with Gasteiger partial charge in [0.2, 0.25) is 0 Å². The molecule has 0 spiro atoms. The molecule has 1 atom stereocenters. The van der Waals surface area contributed by atoms with Crippen LogP contribution in [-0.4, -0.2) is 44.2 Å². The molecule has 1 saturated heterocycles. The molecule has 2 aliphatic heterocycles. The molecule has 2 aliphatic rings. The number of esters is 1. The fourth-order valence-electron chi connectivity index (χ4n) is 3.99. The first-order chi connectivity index (χ1) is 14.0. The third-order valence-electron chi connectivity index (χ3n) is 5.34. The van der Waals surface area contributed by atoms with E-state index in [0.717, 1.165) is 11.1 Å². The third-order valence-corrected chi connectivity index (χ3v) is 5.34. The zero-order valence-electron chi connectivity index (χ0n) is 15.6. The van der Waals surface area contributed by atoms with Crippen LogP contribution in [0, 0.1) is 5.82 Å². The van der Waals surface area contributed by atoms with E-state index in [1.54, 1.807) is 36.1 Å². The minimum absolute atomic E-state index is 0.235. The van der Waals surface area contributed by atoms with Crippen molar-refractivity contribution in [2.24, 2.45) is 7.05 Å². The van der Waals surface area contributed by atoms with Gasteiger partial charge in [0.1, 0.15) is 17.6 Å². The predicted octanol–water partition coefficient (Wildman–Crippen LogP) is 2.56. The van der Waals surface area contributed by atoms with E-state index in [4.69, 9.17) is 4.74 Å². The van der Waals surface area contributed by atoms with Crippen LogP contribution in [0.2, 0.25) is 0 Å². The van der Waals surface area contributed by atoms with Crippen LogP contribution in [0.5, 0.6) is 0 Å². The van der Waals surface area contributed by atoms with E-state index in [9.17, 15) is 14.0 Å². The fourth-order valence-corrected chi connectivity index (χ4v) is 3.99. The van der Waals surface area contributed by atoms with Crippen molar-refractivity contribution >= 4 is 11.9 Å². The maximum atomic E-state index is 13.4. The van der Waals surface area contributed by atoms with Crippen LogP contribution in [-0.2, 0) is 23.1 Å². The SMILES string of the molecule is Cn1cc(-c2ccnc3c2C(=O)N([C@H]2CCOC2=O)C3)c(-c2ccc(F)cc2)n1. The average Bonchev–Trinajstić information content (AvgIpc) is 3.39. The molecule has 0 unspecified atom stereocenters. The van der Waals surface area contributed by atoms with Crippen molar-refractivity contribution in [1.82, 2.24) is 19.7 Å². The summed E-state index contributed by atoms with van der Waals surface area (Å²) in [7, 11) is 1.79. The van der Waals surface area contributed by atoms with E-state index in [-0.39, 0.29) is 24.2 Å². The summed E-state index contributed by atoms with van der Waals surface area (Å²) in [6.45, 7) is 0.592. The number of benzene rings is 1. The number of nitrogens with zero attached hydrogens (tertiary/aromatic N) is 4. The minimum atomic E-state index is -0.574. The minimum Gasteiger partial charge on any atom is -0.464 e. The summed E-state index contributed by atoms with van der Waals surface area (Å²) in [5.41, 5.74) is 3.94. The maximum Gasteiger partial charge on any atom is 0.329 e. The Labute approximate surface area is 165 Å². The van der Waals surface area contributed by atoms with Gasteiger partial charge >= 0.3 is 5.97 Å². The van der Waals surface area contributed by atoms with Gasteiger partial charge in [0, 0.05) is 42.6 Å². The second-order valence-corrected chi connectivity index (χ2v) is 7.16. The number of carbonyl (C=O) groups is 2. The van der Waals surface area contributed by atoms with Gasteiger partial charge in [-0.1, -0.05) is 0 Å².